The number of carbonyl (C=O) groups excluding carboxylic acids is 2. The van der Waals surface area contributed by atoms with E-state index in [0.717, 1.165) is 47.9 Å². The zero-order valence-corrected chi connectivity index (χ0v) is 22.3. The molecule has 0 radical (unpaired) electrons. The van der Waals surface area contributed by atoms with Crippen molar-refractivity contribution in [3.8, 4) is 0 Å². The third-order valence-electron chi connectivity index (χ3n) is 7.57. The normalized spacial score (nSPS) is 14.6. The van der Waals surface area contributed by atoms with E-state index in [0.29, 0.717) is 25.8 Å². The molecule has 3 aromatic carbocycles. The molecule has 1 atom stereocenters. The molecule has 3 aromatic rings. The van der Waals surface area contributed by atoms with Gasteiger partial charge in [0.25, 0.3) is 0 Å². The van der Waals surface area contributed by atoms with E-state index in [2.05, 4.69) is 55.6 Å². The van der Waals surface area contributed by atoms with E-state index in [1.165, 1.54) is 12.0 Å². The van der Waals surface area contributed by atoms with Crippen LogP contribution in [0, 0.1) is 13.8 Å². The molecule has 4 nitrogen and oxygen atoms in total. The van der Waals surface area contributed by atoms with Crippen molar-refractivity contribution in [1.82, 2.24) is 10.2 Å². The highest BCUT2D eigenvalue weighted by atomic mass is 16.2. The van der Waals surface area contributed by atoms with Crippen LogP contribution in [-0.2, 0) is 29.0 Å². The van der Waals surface area contributed by atoms with Crippen molar-refractivity contribution in [3.63, 3.8) is 0 Å². The first-order chi connectivity index (χ1) is 18.0. The van der Waals surface area contributed by atoms with Gasteiger partial charge in [-0.1, -0.05) is 104 Å². The fraction of sp³-hybridized carbons (Fsp3) is 0.394. The summed E-state index contributed by atoms with van der Waals surface area (Å²) >= 11 is 0. The maximum atomic E-state index is 13.9. The molecule has 4 rings (SSSR count). The Kier molecular flexibility index (Phi) is 9.53. The number of aryl methyl sites for hydroxylation is 3. The number of hydrogen-bond donors (Lipinski definition) is 1. The number of rotatable bonds is 10. The highest BCUT2D eigenvalue weighted by Crippen LogP contribution is 2.21. The summed E-state index contributed by atoms with van der Waals surface area (Å²) < 4.78 is 0. The predicted octanol–water partition coefficient (Wildman–Crippen LogP) is 6.33. The topological polar surface area (TPSA) is 49.4 Å². The summed E-state index contributed by atoms with van der Waals surface area (Å²) in [4.78, 5) is 29.6. The van der Waals surface area contributed by atoms with Gasteiger partial charge in [-0.2, -0.15) is 0 Å². The molecule has 0 unspecified atom stereocenters. The molecule has 37 heavy (non-hydrogen) atoms. The summed E-state index contributed by atoms with van der Waals surface area (Å²) in [7, 11) is 0. The molecule has 1 N–H and O–H groups in total. The van der Waals surface area contributed by atoms with E-state index in [4.69, 9.17) is 0 Å². The second kappa shape index (κ2) is 13.2. The molecule has 1 fully saturated rings. The van der Waals surface area contributed by atoms with Crippen molar-refractivity contribution >= 4 is 11.8 Å². The molecule has 0 aliphatic heterocycles. The maximum Gasteiger partial charge on any atom is 0.243 e. The number of amides is 2. The molecule has 194 valence electrons. The van der Waals surface area contributed by atoms with Crippen LogP contribution in [0.2, 0.25) is 0 Å². The summed E-state index contributed by atoms with van der Waals surface area (Å²) in [6.45, 7) is 4.56. The lowest BCUT2D eigenvalue weighted by atomic mass is 9.94. The molecular formula is C33H40N2O2. The zero-order valence-electron chi connectivity index (χ0n) is 22.3. The predicted molar refractivity (Wildman–Crippen MR) is 150 cm³/mol. The van der Waals surface area contributed by atoms with Gasteiger partial charge in [-0.3, -0.25) is 9.59 Å². The Bertz CT molecular complexity index is 1150. The molecule has 0 spiro atoms. The Morgan fingerprint density at radius 3 is 2.22 bits per heavy atom. The third-order valence-corrected chi connectivity index (χ3v) is 7.57. The van der Waals surface area contributed by atoms with Gasteiger partial charge in [0.2, 0.25) is 11.8 Å². The van der Waals surface area contributed by atoms with E-state index in [1.54, 1.807) is 0 Å². The number of benzene rings is 3. The monoisotopic (exact) mass is 496 g/mol. The quantitative estimate of drug-likeness (QED) is 0.357. The minimum absolute atomic E-state index is 0.0172. The first-order valence-corrected chi connectivity index (χ1v) is 13.7. The summed E-state index contributed by atoms with van der Waals surface area (Å²) in [5.74, 6) is -0.0171. The summed E-state index contributed by atoms with van der Waals surface area (Å²) in [5, 5.41) is 3.32. The van der Waals surface area contributed by atoms with Crippen LogP contribution in [0.3, 0.4) is 0 Å². The SMILES string of the molecule is Cc1ccc(CCC(=O)N(Cc2ccccc2C)[C@@H](Cc2ccccc2)C(=O)NC2CCCCC2)cc1. The van der Waals surface area contributed by atoms with Crippen LogP contribution in [0.5, 0.6) is 0 Å². The lowest BCUT2D eigenvalue weighted by Crippen LogP contribution is -2.53. The van der Waals surface area contributed by atoms with Crippen LogP contribution in [0.25, 0.3) is 0 Å². The molecular weight excluding hydrogens is 456 g/mol. The second-order valence-electron chi connectivity index (χ2n) is 10.5. The first-order valence-electron chi connectivity index (χ1n) is 13.7. The maximum absolute atomic E-state index is 13.9. The van der Waals surface area contributed by atoms with E-state index < -0.39 is 6.04 Å². The van der Waals surface area contributed by atoms with Crippen molar-refractivity contribution in [1.29, 1.82) is 0 Å². The molecule has 1 saturated carbocycles. The van der Waals surface area contributed by atoms with Gasteiger partial charge in [0.15, 0.2) is 0 Å². The van der Waals surface area contributed by atoms with Crippen LogP contribution in [0.4, 0.5) is 0 Å². The van der Waals surface area contributed by atoms with Crippen LogP contribution >= 0.6 is 0 Å². The molecule has 1 aliphatic rings. The van der Waals surface area contributed by atoms with Crippen LogP contribution in [0.15, 0.2) is 78.9 Å². The van der Waals surface area contributed by atoms with Gasteiger partial charge in [-0.25, -0.2) is 0 Å². The Morgan fingerprint density at radius 1 is 0.838 bits per heavy atom. The van der Waals surface area contributed by atoms with Crippen molar-refractivity contribution < 1.29 is 9.59 Å². The minimum atomic E-state index is -0.561. The number of nitrogens with zero attached hydrogens (tertiary/aromatic N) is 1. The van der Waals surface area contributed by atoms with Crippen LogP contribution in [0.1, 0.15) is 66.3 Å². The summed E-state index contributed by atoms with van der Waals surface area (Å²) in [5.41, 5.74) is 5.62. The van der Waals surface area contributed by atoms with Gasteiger partial charge in [0.05, 0.1) is 0 Å². The third kappa shape index (κ3) is 7.79. The average Bonchev–Trinajstić information content (AvgIpc) is 2.92. The van der Waals surface area contributed by atoms with Gasteiger partial charge in [-0.05, 0) is 55.4 Å². The highest BCUT2D eigenvalue weighted by molar-refractivity contribution is 5.88. The molecule has 0 saturated heterocycles. The molecule has 0 bridgehead atoms. The van der Waals surface area contributed by atoms with Crippen LogP contribution in [-0.4, -0.2) is 28.8 Å². The van der Waals surface area contributed by atoms with Gasteiger partial charge >= 0.3 is 0 Å². The molecule has 1 aliphatic carbocycles. The van der Waals surface area contributed by atoms with Crippen molar-refractivity contribution in [2.45, 2.75) is 83.8 Å². The van der Waals surface area contributed by atoms with Crippen molar-refractivity contribution in [3.05, 3.63) is 107 Å². The smallest absolute Gasteiger partial charge is 0.243 e. The largest absolute Gasteiger partial charge is 0.352 e. The van der Waals surface area contributed by atoms with Gasteiger partial charge < -0.3 is 10.2 Å². The Balaban J connectivity index is 1.61. The molecule has 0 heterocycles. The minimum Gasteiger partial charge on any atom is -0.352 e. The van der Waals surface area contributed by atoms with Crippen molar-refractivity contribution in [2.75, 3.05) is 0 Å². The Morgan fingerprint density at radius 2 is 1.51 bits per heavy atom. The van der Waals surface area contributed by atoms with E-state index in [1.807, 2.05) is 47.4 Å². The fourth-order valence-corrected chi connectivity index (χ4v) is 5.22. The average molecular weight is 497 g/mol. The van der Waals surface area contributed by atoms with Gasteiger partial charge in [0, 0.05) is 25.4 Å². The lowest BCUT2D eigenvalue weighted by Gasteiger charge is -2.34. The van der Waals surface area contributed by atoms with Crippen molar-refractivity contribution in [2.24, 2.45) is 0 Å². The van der Waals surface area contributed by atoms with E-state index in [-0.39, 0.29) is 17.9 Å². The van der Waals surface area contributed by atoms with Gasteiger partial charge in [-0.15, -0.1) is 0 Å². The molecule has 4 heteroatoms. The number of nitrogens with one attached hydrogen (secondary N) is 1. The molecule has 2 amide bonds. The zero-order chi connectivity index (χ0) is 26.0. The number of hydrogen-bond acceptors (Lipinski definition) is 2. The Labute approximate surface area is 222 Å². The standard InChI is InChI=1S/C33H40N2O2/c1-25-17-19-27(20-18-25)21-22-32(36)35(24-29-14-10-9-11-26(29)2)31(23-28-12-5-3-6-13-28)33(37)34-30-15-7-4-8-16-30/h3,5-6,9-14,17-20,30-31H,4,7-8,15-16,21-24H2,1-2H3,(H,34,37)/t31-/m0/s1. The van der Waals surface area contributed by atoms with E-state index in [9.17, 15) is 9.59 Å². The molecule has 0 aromatic heterocycles. The van der Waals surface area contributed by atoms with Gasteiger partial charge in [0.1, 0.15) is 6.04 Å². The summed E-state index contributed by atoms with van der Waals surface area (Å²) in [6.07, 6.45) is 7.10. The second-order valence-corrected chi connectivity index (χ2v) is 10.5. The number of carbonyl (C=O) groups is 2. The summed E-state index contributed by atoms with van der Waals surface area (Å²) in [6, 6.07) is 26.2. The van der Waals surface area contributed by atoms with E-state index >= 15 is 0 Å². The fourth-order valence-electron chi connectivity index (χ4n) is 5.22. The first kappa shape index (κ1) is 26.7. The highest BCUT2D eigenvalue weighted by Gasteiger charge is 2.32. The van der Waals surface area contributed by atoms with Crippen LogP contribution < -0.4 is 5.32 Å². The lowest BCUT2D eigenvalue weighted by molar-refractivity contribution is -0.141. The Hall–Kier alpha value is -3.40.